The summed E-state index contributed by atoms with van der Waals surface area (Å²) >= 11 is 1.11. The molecule has 0 spiro atoms. The normalized spacial score (nSPS) is 10.9. The van der Waals surface area contributed by atoms with Gasteiger partial charge in [-0.1, -0.05) is 0 Å². The van der Waals surface area contributed by atoms with Crippen molar-refractivity contribution in [1.29, 1.82) is 0 Å². The van der Waals surface area contributed by atoms with Gasteiger partial charge in [-0.2, -0.15) is 0 Å². The van der Waals surface area contributed by atoms with Crippen LogP contribution in [0.4, 0.5) is 13.2 Å². The van der Waals surface area contributed by atoms with E-state index in [-0.39, 0.29) is 24.0 Å². The van der Waals surface area contributed by atoms with Crippen molar-refractivity contribution in [2.75, 3.05) is 0 Å². The van der Waals surface area contributed by atoms with Crippen molar-refractivity contribution >= 4 is 0 Å². The van der Waals surface area contributed by atoms with Gasteiger partial charge in [-0.15, -0.1) is 0 Å². The Morgan fingerprint density at radius 1 is 1.10 bits per heavy atom. The van der Waals surface area contributed by atoms with Crippen LogP contribution in [-0.2, 0) is 18.3 Å². The molecule has 0 saturated heterocycles. The summed E-state index contributed by atoms with van der Waals surface area (Å²) in [6.07, 6.45) is -3.49. The van der Waals surface area contributed by atoms with Gasteiger partial charge in [0.1, 0.15) is 0 Å². The Kier molecular flexibility index (Phi) is 9.37. The molecule has 0 aliphatic carbocycles. The van der Waals surface area contributed by atoms with E-state index in [0.29, 0.717) is 6.42 Å². The van der Waals surface area contributed by atoms with Crippen LogP contribution in [0.3, 0.4) is 0 Å². The predicted molar refractivity (Wildman–Crippen MR) is 24.7 cm³/mol. The molecule has 0 aliphatic heterocycles. The van der Waals surface area contributed by atoms with Crippen molar-refractivity contribution in [2.45, 2.75) is 30.5 Å². The van der Waals surface area contributed by atoms with E-state index in [1.165, 1.54) is 0 Å². The molecule has 0 radical (unpaired) electrons. The molecule has 0 aliphatic rings. The van der Waals surface area contributed by atoms with E-state index in [1.807, 2.05) is 0 Å². The van der Waals surface area contributed by atoms with Gasteiger partial charge in [0.2, 0.25) is 0 Å². The Morgan fingerprint density at radius 3 is 1.90 bits per heavy atom. The van der Waals surface area contributed by atoms with E-state index >= 15 is 0 Å². The summed E-state index contributed by atoms with van der Waals surface area (Å²) in [5.41, 5.74) is 0. The molecule has 0 saturated carbocycles. The molecule has 0 fully saturated rings. The zero-order chi connectivity index (χ0) is 7.33. The molecule has 10 heavy (non-hydrogen) atoms. The average Bonchev–Trinajstić information content (AvgIpc) is 1.63. The minimum Gasteiger partial charge on any atom is -1.00 e. The molecular weight excluding hydrogens is 309 g/mol. The zero-order valence-electron chi connectivity index (χ0n) is 5.55. The second-order valence-electron chi connectivity index (χ2n) is 1.93. The summed E-state index contributed by atoms with van der Waals surface area (Å²) in [7, 11) is 0. The number of alkyl halides is 3. The van der Waals surface area contributed by atoms with Gasteiger partial charge in [-0.25, -0.2) is 0 Å². The molecule has 0 rings (SSSR count). The molecule has 0 atom stereocenters. The second-order valence-corrected chi connectivity index (χ2v) is 3.41. The van der Waals surface area contributed by atoms with Crippen LogP contribution < -0.4 is 24.0 Å². The van der Waals surface area contributed by atoms with Gasteiger partial charge in [0.25, 0.3) is 0 Å². The maximum atomic E-state index is 11.4. The molecule has 58 valence electrons. The summed E-state index contributed by atoms with van der Waals surface area (Å²) in [6.45, 7) is 0. The van der Waals surface area contributed by atoms with Crippen LogP contribution in [0.2, 0.25) is 5.02 Å². The summed E-state index contributed by atoms with van der Waals surface area (Å²) in [6, 6.07) is 0. The predicted octanol–water partition coefficient (Wildman–Crippen LogP) is -0.312. The van der Waals surface area contributed by atoms with Gasteiger partial charge in [0.05, 0.1) is 0 Å². The number of hydrogen-bond donors (Lipinski definition) is 0. The largest absolute Gasteiger partial charge is 1.00 e. The van der Waals surface area contributed by atoms with Crippen LogP contribution in [-0.4, -0.2) is 6.18 Å². The monoisotopic (exact) mass is 316 g/mol. The van der Waals surface area contributed by atoms with Crippen LogP contribution in [0.25, 0.3) is 0 Å². The maximum Gasteiger partial charge on any atom is -1.00 e. The van der Waals surface area contributed by atoms with Gasteiger partial charge in [-0.3, -0.25) is 0 Å². The molecule has 0 nitrogen and oxygen atoms in total. The topological polar surface area (TPSA) is 0 Å². The van der Waals surface area contributed by atoms with Crippen LogP contribution in [0.15, 0.2) is 0 Å². The Hall–Kier alpha value is 1.14. The van der Waals surface area contributed by atoms with Gasteiger partial charge in [0.15, 0.2) is 0 Å². The molecule has 0 aromatic carbocycles. The summed E-state index contributed by atoms with van der Waals surface area (Å²) in [5.74, 6) is 0. The van der Waals surface area contributed by atoms with Crippen LogP contribution >= 0.6 is 0 Å². The van der Waals surface area contributed by atoms with Gasteiger partial charge < -0.3 is 24.0 Å². The number of rotatable bonds is 3. The zero-order valence-corrected chi connectivity index (χ0v) is 10.7. The van der Waals surface area contributed by atoms with Crippen molar-refractivity contribution in [1.82, 2.24) is 0 Å². The third kappa shape index (κ3) is 11.9. The van der Waals surface area contributed by atoms with Gasteiger partial charge in [0, 0.05) is 0 Å². The summed E-state index contributed by atoms with van der Waals surface area (Å²) < 4.78 is 34.2. The van der Waals surface area contributed by atoms with Crippen LogP contribution in [0.5, 0.6) is 0 Å². The van der Waals surface area contributed by atoms with Crippen molar-refractivity contribution in [3.63, 3.8) is 0 Å². The summed E-state index contributed by atoms with van der Waals surface area (Å²) in [5, 5.41) is 0.968. The number of hydrogen-bond acceptors (Lipinski definition) is 0. The smallest absolute Gasteiger partial charge is 1.00 e. The summed E-state index contributed by atoms with van der Waals surface area (Å²) in [4.78, 5) is 0. The minimum absolute atomic E-state index is 0. The maximum absolute atomic E-state index is 11.4. The molecule has 0 aromatic rings. The molecule has 0 amide bonds. The van der Waals surface area contributed by atoms with E-state index in [4.69, 9.17) is 0 Å². The molecule has 0 heterocycles. The SMILES string of the molecule is FC(F)(F)CCC[CH2][Zn+].[I-]. The average molecular weight is 317 g/mol. The standard InChI is InChI=1S/C5H8F3.HI.Zn/c1-2-3-4-5(6,7)8;;/h1-4H2;1H;/q;;+1/p-1. The van der Waals surface area contributed by atoms with Crippen molar-refractivity contribution in [3.8, 4) is 0 Å². The van der Waals surface area contributed by atoms with E-state index in [2.05, 4.69) is 0 Å². The van der Waals surface area contributed by atoms with E-state index in [0.717, 1.165) is 29.7 Å². The second kappa shape index (κ2) is 6.83. The first-order chi connectivity index (χ1) is 4.06. The number of unbranched alkanes of at least 4 members (excludes halogenated alkanes) is 1. The first-order valence-electron chi connectivity index (χ1n) is 2.92. The van der Waals surface area contributed by atoms with Crippen molar-refractivity contribution in [3.05, 3.63) is 0 Å². The first-order valence-corrected chi connectivity index (χ1v) is 5.02. The molecule has 0 N–H and O–H groups in total. The Labute approximate surface area is 85.6 Å². The van der Waals surface area contributed by atoms with Gasteiger partial charge in [-0.05, 0) is 0 Å². The fourth-order valence-corrected chi connectivity index (χ4v) is 1.24. The molecule has 0 aromatic heterocycles. The molecule has 5 heteroatoms. The van der Waals surface area contributed by atoms with E-state index < -0.39 is 12.6 Å². The third-order valence-corrected chi connectivity index (χ3v) is 2.01. The first kappa shape index (κ1) is 13.7. The Balaban J connectivity index is 0. The van der Waals surface area contributed by atoms with Crippen LogP contribution in [0, 0.1) is 0 Å². The fourth-order valence-electron chi connectivity index (χ4n) is 0.502. The van der Waals surface area contributed by atoms with E-state index in [9.17, 15) is 13.2 Å². The molecule has 0 bridgehead atoms. The van der Waals surface area contributed by atoms with Gasteiger partial charge >= 0.3 is 61.9 Å². The van der Waals surface area contributed by atoms with Crippen molar-refractivity contribution < 1.29 is 55.5 Å². The fraction of sp³-hybridized carbons (Fsp3) is 1.00. The third-order valence-electron chi connectivity index (χ3n) is 0.960. The molecular formula is C5H8F3IZn. The quantitative estimate of drug-likeness (QED) is 0.381. The minimum atomic E-state index is -3.94. The van der Waals surface area contributed by atoms with E-state index in [1.54, 1.807) is 0 Å². The Bertz CT molecular complexity index is 73.8. The Morgan fingerprint density at radius 2 is 1.60 bits per heavy atom. The number of halogens is 4. The molecule has 0 unspecified atom stereocenters. The van der Waals surface area contributed by atoms with Crippen molar-refractivity contribution in [2.24, 2.45) is 0 Å². The van der Waals surface area contributed by atoms with Crippen LogP contribution in [0.1, 0.15) is 19.3 Å².